The third kappa shape index (κ3) is 4.20. The number of carbonyl (C=O) groups is 1. The van der Waals surface area contributed by atoms with Crippen LogP contribution in [0.4, 0.5) is 18.0 Å². The first kappa shape index (κ1) is 22.2. The second-order valence-corrected chi connectivity index (χ2v) is 8.77. The van der Waals surface area contributed by atoms with Crippen molar-refractivity contribution in [3.8, 4) is 0 Å². The number of aromatic amines is 1. The highest BCUT2D eigenvalue weighted by Gasteiger charge is 2.41. The van der Waals surface area contributed by atoms with Gasteiger partial charge in [0.2, 0.25) is 0 Å². The Bertz CT molecular complexity index is 1300. The number of fused-ring (bicyclic) bond motifs is 3. The zero-order valence-corrected chi connectivity index (χ0v) is 18.7. The zero-order valence-electron chi connectivity index (χ0n) is 18.7. The summed E-state index contributed by atoms with van der Waals surface area (Å²) < 4.78 is 42.1. The van der Waals surface area contributed by atoms with Crippen LogP contribution in [-0.4, -0.2) is 61.0 Å². The number of halogens is 3. The molecule has 178 valence electrons. The zero-order chi connectivity index (χ0) is 23.9. The van der Waals surface area contributed by atoms with Crippen LogP contribution in [0.15, 0.2) is 55.0 Å². The number of imidazole rings is 1. The lowest BCUT2D eigenvalue weighted by molar-refractivity contribution is -0.141. The summed E-state index contributed by atoms with van der Waals surface area (Å²) >= 11 is 0. The van der Waals surface area contributed by atoms with Gasteiger partial charge in [-0.05, 0) is 17.5 Å². The molecule has 34 heavy (non-hydrogen) atoms. The topological polar surface area (TPSA) is 69.5 Å². The molecule has 0 radical (unpaired) electrons. The molecule has 0 bridgehead atoms. The summed E-state index contributed by atoms with van der Waals surface area (Å²) in [5.74, 6) is 0.0596. The molecule has 1 fully saturated rings. The molecule has 1 aliphatic heterocycles. The van der Waals surface area contributed by atoms with Gasteiger partial charge in [0.25, 0.3) is 0 Å². The summed E-state index contributed by atoms with van der Waals surface area (Å²) in [6.45, 7) is 1.40. The summed E-state index contributed by atoms with van der Waals surface area (Å²) in [5.41, 5.74) is 3.91. The van der Waals surface area contributed by atoms with Gasteiger partial charge in [0.15, 0.2) is 11.3 Å². The van der Waals surface area contributed by atoms with Crippen LogP contribution in [-0.2, 0) is 6.54 Å². The molecule has 5 rings (SSSR count). The maximum atomic E-state index is 13.4. The summed E-state index contributed by atoms with van der Waals surface area (Å²) in [6.07, 6.45) is 1.60. The molecule has 7 nitrogen and oxygen atoms in total. The Balaban J connectivity index is 1.44. The van der Waals surface area contributed by atoms with E-state index in [1.807, 2.05) is 17.4 Å². The van der Waals surface area contributed by atoms with Crippen molar-refractivity contribution < 1.29 is 18.0 Å². The molecule has 2 amide bonds. The van der Waals surface area contributed by atoms with E-state index >= 15 is 0 Å². The van der Waals surface area contributed by atoms with Gasteiger partial charge in [-0.3, -0.25) is 4.40 Å². The van der Waals surface area contributed by atoms with Gasteiger partial charge < -0.3 is 14.8 Å². The number of likely N-dealkylation sites (tertiary alicyclic amines) is 1. The van der Waals surface area contributed by atoms with Crippen molar-refractivity contribution in [3.05, 3.63) is 66.2 Å². The van der Waals surface area contributed by atoms with Gasteiger partial charge >= 0.3 is 12.2 Å². The van der Waals surface area contributed by atoms with Crippen LogP contribution >= 0.6 is 0 Å². The SMILES string of the molecule is CC[C@@H]1CN(C(=O)N(Cc2ccccc2)CC(F)(F)F)C[C@@H]1c1cnc2cnc3[nH]ccc3n12. The molecule has 4 heterocycles. The van der Waals surface area contributed by atoms with E-state index in [0.29, 0.717) is 24.3 Å². The lowest BCUT2D eigenvalue weighted by Gasteiger charge is -2.29. The molecule has 1 saturated heterocycles. The number of H-pyrrole nitrogens is 1. The average molecular weight is 470 g/mol. The van der Waals surface area contributed by atoms with E-state index in [2.05, 4.69) is 15.0 Å². The maximum Gasteiger partial charge on any atom is 0.406 e. The molecule has 10 heteroatoms. The van der Waals surface area contributed by atoms with Gasteiger partial charge in [-0.25, -0.2) is 14.8 Å². The van der Waals surface area contributed by atoms with E-state index in [9.17, 15) is 18.0 Å². The number of aromatic nitrogens is 4. The van der Waals surface area contributed by atoms with Gasteiger partial charge in [-0.2, -0.15) is 13.2 Å². The first-order valence-corrected chi connectivity index (χ1v) is 11.3. The van der Waals surface area contributed by atoms with Crippen molar-refractivity contribution in [2.45, 2.75) is 32.0 Å². The Morgan fingerprint density at radius 2 is 1.94 bits per heavy atom. The fourth-order valence-corrected chi connectivity index (χ4v) is 4.94. The van der Waals surface area contributed by atoms with E-state index in [1.165, 1.54) is 0 Å². The molecular formula is C24H25F3N6O. The number of alkyl halides is 3. The molecule has 0 saturated carbocycles. The Morgan fingerprint density at radius 3 is 2.68 bits per heavy atom. The normalized spacial score (nSPS) is 18.8. The van der Waals surface area contributed by atoms with E-state index in [-0.39, 0.29) is 18.4 Å². The summed E-state index contributed by atoms with van der Waals surface area (Å²) in [5, 5.41) is 0. The largest absolute Gasteiger partial charge is 0.406 e. The van der Waals surface area contributed by atoms with E-state index in [0.717, 1.165) is 28.2 Å². The van der Waals surface area contributed by atoms with Crippen LogP contribution in [0, 0.1) is 5.92 Å². The highest BCUT2D eigenvalue weighted by molar-refractivity contribution is 5.76. The quantitative estimate of drug-likeness (QED) is 0.455. The molecule has 0 aliphatic carbocycles. The number of amides is 2. The monoisotopic (exact) mass is 470 g/mol. The van der Waals surface area contributed by atoms with Crippen molar-refractivity contribution in [1.82, 2.24) is 29.2 Å². The minimum Gasteiger partial charge on any atom is -0.345 e. The summed E-state index contributed by atoms with van der Waals surface area (Å²) in [4.78, 5) is 27.8. The minimum atomic E-state index is -4.48. The molecule has 1 N–H and O–H groups in total. The Hall–Kier alpha value is -3.56. The lowest BCUT2D eigenvalue weighted by Crippen LogP contribution is -2.45. The highest BCUT2D eigenvalue weighted by atomic mass is 19.4. The Kier molecular flexibility index (Phi) is 5.66. The second-order valence-electron chi connectivity index (χ2n) is 8.77. The van der Waals surface area contributed by atoms with Crippen molar-refractivity contribution in [1.29, 1.82) is 0 Å². The van der Waals surface area contributed by atoms with Gasteiger partial charge in [0, 0.05) is 43.6 Å². The maximum absolute atomic E-state index is 13.4. The standard InChI is InChI=1S/C24H25F3N6O/c1-2-17-13-31(23(34)32(15-24(25,26)27)12-16-6-4-3-5-7-16)14-18(17)20-10-29-21-11-30-22-19(33(20)21)8-9-28-22/h3-11,17-18,28H,2,12-15H2,1H3/t17-,18+/m1/s1. The van der Waals surface area contributed by atoms with Crippen LogP contribution in [0.2, 0.25) is 0 Å². The molecule has 4 aromatic rings. The fourth-order valence-electron chi connectivity index (χ4n) is 4.94. The Morgan fingerprint density at radius 1 is 1.15 bits per heavy atom. The number of hydrogen-bond acceptors (Lipinski definition) is 3. The van der Waals surface area contributed by atoms with Crippen molar-refractivity contribution in [3.63, 3.8) is 0 Å². The van der Waals surface area contributed by atoms with Crippen LogP contribution in [0.1, 0.15) is 30.5 Å². The first-order chi connectivity index (χ1) is 16.3. The number of urea groups is 1. The molecule has 0 spiro atoms. The number of carbonyl (C=O) groups excluding carboxylic acids is 1. The van der Waals surface area contributed by atoms with Gasteiger partial charge in [-0.15, -0.1) is 0 Å². The van der Waals surface area contributed by atoms with Crippen LogP contribution < -0.4 is 0 Å². The van der Waals surface area contributed by atoms with E-state index in [4.69, 9.17) is 0 Å². The summed E-state index contributed by atoms with van der Waals surface area (Å²) in [6, 6.07) is 10.1. The molecule has 1 aromatic carbocycles. The van der Waals surface area contributed by atoms with Crippen molar-refractivity contribution >= 4 is 22.8 Å². The predicted molar refractivity (Wildman–Crippen MR) is 121 cm³/mol. The average Bonchev–Trinajstić information content (AvgIpc) is 3.54. The number of hydrogen-bond donors (Lipinski definition) is 1. The van der Waals surface area contributed by atoms with Gasteiger partial charge in [0.1, 0.15) is 6.54 Å². The Labute approximate surface area is 194 Å². The highest BCUT2D eigenvalue weighted by Crippen LogP contribution is 2.36. The third-order valence-corrected chi connectivity index (χ3v) is 6.54. The molecule has 2 atom stereocenters. The lowest BCUT2D eigenvalue weighted by atomic mass is 9.91. The first-order valence-electron chi connectivity index (χ1n) is 11.3. The van der Waals surface area contributed by atoms with Gasteiger partial charge in [-0.1, -0.05) is 43.7 Å². The van der Waals surface area contributed by atoms with E-state index < -0.39 is 18.8 Å². The number of nitrogens with one attached hydrogen (secondary N) is 1. The van der Waals surface area contributed by atoms with Crippen molar-refractivity contribution in [2.75, 3.05) is 19.6 Å². The number of benzene rings is 1. The molecule has 3 aromatic heterocycles. The van der Waals surface area contributed by atoms with Crippen LogP contribution in [0.3, 0.4) is 0 Å². The predicted octanol–water partition coefficient (Wildman–Crippen LogP) is 4.82. The second kappa shape index (κ2) is 8.66. The van der Waals surface area contributed by atoms with E-state index in [1.54, 1.807) is 53.8 Å². The van der Waals surface area contributed by atoms with Crippen LogP contribution in [0.25, 0.3) is 16.8 Å². The number of nitrogens with zero attached hydrogens (tertiary/aromatic N) is 5. The molecule has 1 aliphatic rings. The molecular weight excluding hydrogens is 445 g/mol. The summed E-state index contributed by atoms with van der Waals surface area (Å²) in [7, 11) is 0. The molecule has 0 unspecified atom stereocenters. The smallest absolute Gasteiger partial charge is 0.345 e. The third-order valence-electron chi connectivity index (χ3n) is 6.54. The minimum absolute atomic E-state index is 0.0473. The van der Waals surface area contributed by atoms with Crippen LogP contribution in [0.5, 0.6) is 0 Å². The fraction of sp³-hybridized carbons (Fsp3) is 0.375. The number of rotatable bonds is 5. The van der Waals surface area contributed by atoms with Gasteiger partial charge in [0.05, 0.1) is 11.7 Å². The van der Waals surface area contributed by atoms with Crippen molar-refractivity contribution in [2.24, 2.45) is 5.92 Å².